The molecular formula is C29H31N3O5S2. The Morgan fingerprint density at radius 3 is 2.56 bits per heavy atom. The van der Waals surface area contributed by atoms with E-state index in [1.165, 1.54) is 30.0 Å². The number of nitrogens with zero attached hydrogens (tertiary/aromatic N) is 1. The third-order valence-electron chi connectivity index (χ3n) is 6.23. The molecule has 204 valence electrons. The zero-order valence-corrected chi connectivity index (χ0v) is 23.7. The van der Waals surface area contributed by atoms with E-state index in [0.29, 0.717) is 35.8 Å². The highest BCUT2D eigenvalue weighted by molar-refractivity contribution is 8.00. The number of amides is 3. The summed E-state index contributed by atoms with van der Waals surface area (Å²) in [6.45, 7) is 6.20. The molecule has 39 heavy (non-hydrogen) atoms. The highest BCUT2D eigenvalue weighted by Crippen LogP contribution is 2.38. The fraction of sp³-hybridized carbons (Fsp3) is 0.310. The summed E-state index contributed by atoms with van der Waals surface area (Å²) >= 11 is 2.67. The van der Waals surface area contributed by atoms with Crippen LogP contribution >= 0.6 is 23.1 Å². The predicted molar refractivity (Wildman–Crippen MR) is 154 cm³/mol. The first-order valence-corrected chi connectivity index (χ1v) is 14.4. The third kappa shape index (κ3) is 7.27. The van der Waals surface area contributed by atoms with Crippen LogP contribution in [0.2, 0.25) is 0 Å². The van der Waals surface area contributed by atoms with E-state index in [-0.39, 0.29) is 30.7 Å². The average Bonchev–Trinajstić information content (AvgIpc) is 3.26. The van der Waals surface area contributed by atoms with Crippen molar-refractivity contribution in [2.45, 2.75) is 50.3 Å². The Kier molecular flexibility index (Phi) is 9.42. The Balaban J connectivity index is 1.43. The zero-order chi connectivity index (χ0) is 27.9. The van der Waals surface area contributed by atoms with Crippen LogP contribution in [0.15, 0.2) is 59.5 Å². The van der Waals surface area contributed by atoms with E-state index in [2.05, 4.69) is 10.6 Å². The summed E-state index contributed by atoms with van der Waals surface area (Å²) in [6, 6.07) is 16.9. The number of hydrogen-bond acceptors (Lipinski definition) is 7. The molecule has 3 aromatic rings. The number of ether oxygens (including phenoxy) is 1. The van der Waals surface area contributed by atoms with Gasteiger partial charge in [-0.2, -0.15) is 0 Å². The number of esters is 1. The second-order valence-corrected chi connectivity index (χ2v) is 11.6. The maximum atomic E-state index is 13.2. The van der Waals surface area contributed by atoms with Crippen molar-refractivity contribution in [2.75, 3.05) is 23.8 Å². The lowest BCUT2D eigenvalue weighted by Gasteiger charge is -2.25. The first kappa shape index (κ1) is 28.4. The van der Waals surface area contributed by atoms with Gasteiger partial charge in [0, 0.05) is 28.9 Å². The molecule has 1 unspecified atom stereocenters. The molecule has 0 bridgehead atoms. The first-order chi connectivity index (χ1) is 18.7. The fourth-order valence-electron chi connectivity index (χ4n) is 4.28. The van der Waals surface area contributed by atoms with Crippen LogP contribution in [-0.2, 0) is 38.5 Å². The number of thioether (sulfide) groups is 1. The number of rotatable bonds is 9. The average molecular weight is 566 g/mol. The van der Waals surface area contributed by atoms with Crippen molar-refractivity contribution >= 4 is 57.5 Å². The van der Waals surface area contributed by atoms with Gasteiger partial charge in [-0.05, 0) is 49.6 Å². The standard InChI is InChI=1S/C29H31N3O5S2/c1-4-37-29(36)26-23-13-14-32(19(3)33)17-24(23)39-28(26)31-27(35)18(2)38-22-12-8-11-21(16-22)30-25(34)15-20-9-6-5-7-10-20/h5-12,16,18H,4,13-15,17H2,1-3H3,(H,30,34)(H,31,35). The molecule has 0 saturated heterocycles. The summed E-state index contributed by atoms with van der Waals surface area (Å²) in [5.41, 5.74) is 2.80. The van der Waals surface area contributed by atoms with Crippen molar-refractivity contribution in [3.63, 3.8) is 0 Å². The molecule has 1 atom stereocenters. The van der Waals surface area contributed by atoms with Gasteiger partial charge in [-0.3, -0.25) is 14.4 Å². The van der Waals surface area contributed by atoms with E-state index >= 15 is 0 Å². The molecule has 1 aliphatic heterocycles. The molecular weight excluding hydrogens is 534 g/mol. The number of hydrogen-bond donors (Lipinski definition) is 2. The molecule has 10 heteroatoms. The van der Waals surface area contributed by atoms with E-state index in [9.17, 15) is 19.2 Å². The monoisotopic (exact) mass is 565 g/mol. The van der Waals surface area contributed by atoms with Gasteiger partial charge in [0.25, 0.3) is 0 Å². The minimum absolute atomic E-state index is 0.0270. The summed E-state index contributed by atoms with van der Waals surface area (Å²) in [6.07, 6.45) is 0.803. The van der Waals surface area contributed by atoms with Crippen molar-refractivity contribution < 1.29 is 23.9 Å². The van der Waals surface area contributed by atoms with Crippen molar-refractivity contribution in [3.8, 4) is 0 Å². The molecule has 4 rings (SSSR count). The molecule has 0 spiro atoms. The third-order valence-corrected chi connectivity index (χ3v) is 8.45. The van der Waals surface area contributed by atoms with E-state index in [1.54, 1.807) is 18.7 Å². The van der Waals surface area contributed by atoms with Gasteiger partial charge in [0.05, 0.1) is 30.4 Å². The Morgan fingerprint density at radius 2 is 1.85 bits per heavy atom. The van der Waals surface area contributed by atoms with Crippen LogP contribution in [0.4, 0.5) is 10.7 Å². The lowest BCUT2D eigenvalue weighted by Crippen LogP contribution is -2.34. The van der Waals surface area contributed by atoms with Crippen LogP contribution < -0.4 is 10.6 Å². The fourth-order valence-corrected chi connectivity index (χ4v) is 6.46. The zero-order valence-electron chi connectivity index (χ0n) is 22.1. The van der Waals surface area contributed by atoms with Gasteiger partial charge in [0.1, 0.15) is 5.00 Å². The number of fused-ring (bicyclic) bond motifs is 1. The van der Waals surface area contributed by atoms with Crippen LogP contribution in [0.1, 0.15) is 47.1 Å². The van der Waals surface area contributed by atoms with E-state index < -0.39 is 11.2 Å². The molecule has 2 aromatic carbocycles. The Labute approximate surface area is 236 Å². The Morgan fingerprint density at radius 1 is 1.08 bits per heavy atom. The van der Waals surface area contributed by atoms with Gasteiger partial charge in [-0.1, -0.05) is 36.4 Å². The van der Waals surface area contributed by atoms with E-state index in [0.717, 1.165) is 20.9 Å². The molecule has 0 aliphatic carbocycles. The number of carbonyl (C=O) groups is 4. The highest BCUT2D eigenvalue weighted by atomic mass is 32.2. The van der Waals surface area contributed by atoms with Crippen LogP contribution in [0.25, 0.3) is 0 Å². The normalized spacial score (nSPS) is 13.3. The minimum atomic E-state index is -0.483. The summed E-state index contributed by atoms with van der Waals surface area (Å²) in [5.74, 6) is -0.877. The van der Waals surface area contributed by atoms with E-state index in [1.807, 2.05) is 54.6 Å². The Bertz CT molecular complexity index is 1370. The van der Waals surface area contributed by atoms with Crippen molar-refractivity contribution in [1.29, 1.82) is 0 Å². The number of benzene rings is 2. The van der Waals surface area contributed by atoms with Gasteiger partial charge in [-0.25, -0.2) is 4.79 Å². The number of nitrogens with one attached hydrogen (secondary N) is 2. The molecule has 0 fully saturated rings. The lowest BCUT2D eigenvalue weighted by atomic mass is 10.0. The quantitative estimate of drug-likeness (QED) is 0.275. The number of thiophene rings is 1. The van der Waals surface area contributed by atoms with Crippen molar-refractivity contribution in [3.05, 3.63) is 76.2 Å². The number of anilines is 2. The predicted octanol–water partition coefficient (Wildman–Crippen LogP) is 5.13. The smallest absolute Gasteiger partial charge is 0.341 e. The van der Waals surface area contributed by atoms with Crippen LogP contribution in [-0.4, -0.2) is 47.0 Å². The molecule has 1 aliphatic rings. The summed E-state index contributed by atoms with van der Waals surface area (Å²) in [7, 11) is 0. The minimum Gasteiger partial charge on any atom is -0.462 e. The van der Waals surface area contributed by atoms with E-state index in [4.69, 9.17) is 4.74 Å². The molecule has 8 nitrogen and oxygen atoms in total. The van der Waals surface area contributed by atoms with Gasteiger partial charge in [0.2, 0.25) is 17.7 Å². The molecule has 0 saturated carbocycles. The molecule has 3 amide bonds. The number of carbonyl (C=O) groups excluding carboxylic acids is 4. The maximum absolute atomic E-state index is 13.2. The SMILES string of the molecule is CCOC(=O)c1c(NC(=O)C(C)Sc2cccc(NC(=O)Cc3ccccc3)c2)sc2c1CCN(C(C)=O)C2. The van der Waals surface area contributed by atoms with Gasteiger partial charge < -0.3 is 20.3 Å². The van der Waals surface area contributed by atoms with Crippen LogP contribution in [0.5, 0.6) is 0 Å². The van der Waals surface area contributed by atoms with Crippen LogP contribution in [0, 0.1) is 0 Å². The summed E-state index contributed by atoms with van der Waals surface area (Å²) in [5, 5.41) is 5.81. The molecule has 2 N–H and O–H groups in total. The topological polar surface area (TPSA) is 105 Å². The first-order valence-electron chi connectivity index (χ1n) is 12.7. The second-order valence-electron chi connectivity index (χ2n) is 9.11. The lowest BCUT2D eigenvalue weighted by molar-refractivity contribution is -0.129. The van der Waals surface area contributed by atoms with Gasteiger partial charge in [-0.15, -0.1) is 23.1 Å². The molecule has 2 heterocycles. The maximum Gasteiger partial charge on any atom is 0.341 e. The second kappa shape index (κ2) is 12.9. The van der Waals surface area contributed by atoms with Gasteiger partial charge >= 0.3 is 5.97 Å². The summed E-state index contributed by atoms with van der Waals surface area (Å²) < 4.78 is 5.28. The summed E-state index contributed by atoms with van der Waals surface area (Å²) in [4.78, 5) is 53.8. The van der Waals surface area contributed by atoms with Gasteiger partial charge in [0.15, 0.2) is 0 Å². The van der Waals surface area contributed by atoms with Crippen LogP contribution in [0.3, 0.4) is 0 Å². The highest BCUT2D eigenvalue weighted by Gasteiger charge is 2.31. The Hall–Kier alpha value is -3.63. The molecule has 0 radical (unpaired) electrons. The van der Waals surface area contributed by atoms with Crippen molar-refractivity contribution in [2.24, 2.45) is 0 Å². The molecule has 1 aromatic heterocycles. The largest absolute Gasteiger partial charge is 0.462 e. The van der Waals surface area contributed by atoms with Crippen molar-refractivity contribution in [1.82, 2.24) is 4.90 Å².